The highest BCUT2D eigenvalue weighted by Crippen LogP contribution is 2.31. The van der Waals surface area contributed by atoms with E-state index in [4.69, 9.17) is 0 Å². The van der Waals surface area contributed by atoms with E-state index in [1.165, 1.54) is 26.2 Å². The van der Waals surface area contributed by atoms with Crippen LogP contribution >= 0.6 is 0 Å². The second-order valence-corrected chi connectivity index (χ2v) is 4.94. The van der Waals surface area contributed by atoms with Gasteiger partial charge in [-0.2, -0.15) is 0 Å². The zero-order chi connectivity index (χ0) is 11.0. The highest BCUT2D eigenvalue weighted by Gasteiger charge is 2.38. The van der Waals surface area contributed by atoms with Gasteiger partial charge in [0.2, 0.25) is 0 Å². The van der Waals surface area contributed by atoms with Crippen LogP contribution < -0.4 is 5.32 Å². The summed E-state index contributed by atoms with van der Waals surface area (Å²) in [5, 5.41) is 3.47. The van der Waals surface area contributed by atoms with Crippen molar-refractivity contribution in [2.75, 3.05) is 26.2 Å². The summed E-state index contributed by atoms with van der Waals surface area (Å²) >= 11 is 0. The third-order valence-electron chi connectivity index (χ3n) is 3.98. The predicted molar refractivity (Wildman–Crippen MR) is 61.9 cm³/mol. The first-order chi connectivity index (χ1) is 7.84. The molecule has 2 saturated heterocycles. The van der Waals surface area contributed by atoms with Gasteiger partial charge < -0.3 is 5.32 Å². The number of hydrogen-bond acceptors (Lipinski definition) is 4. The quantitative estimate of drug-likeness (QED) is 0.793. The minimum atomic E-state index is 0.402. The Morgan fingerprint density at radius 2 is 2.06 bits per heavy atom. The highest BCUT2D eigenvalue weighted by atomic mass is 15.2. The molecule has 0 bridgehead atoms. The molecule has 3 rings (SSSR count). The van der Waals surface area contributed by atoms with Crippen molar-refractivity contribution in [3.05, 3.63) is 24.3 Å². The lowest BCUT2D eigenvalue weighted by molar-refractivity contribution is 0.239. The normalized spacial score (nSPS) is 31.6. The summed E-state index contributed by atoms with van der Waals surface area (Å²) in [6, 6.07) is 0.402. The molecule has 1 aromatic heterocycles. The lowest BCUT2D eigenvalue weighted by Crippen LogP contribution is -2.29. The van der Waals surface area contributed by atoms with E-state index in [0.717, 1.165) is 17.5 Å². The van der Waals surface area contributed by atoms with Crippen molar-refractivity contribution in [2.45, 2.75) is 13.0 Å². The minimum absolute atomic E-state index is 0.402. The summed E-state index contributed by atoms with van der Waals surface area (Å²) < 4.78 is 0. The fourth-order valence-electron chi connectivity index (χ4n) is 2.92. The topological polar surface area (TPSA) is 41.1 Å². The van der Waals surface area contributed by atoms with Gasteiger partial charge in [-0.3, -0.25) is 14.9 Å². The van der Waals surface area contributed by atoms with Gasteiger partial charge in [0.1, 0.15) is 0 Å². The first-order valence-corrected chi connectivity index (χ1v) is 6.05. The Hall–Kier alpha value is -1.00. The molecule has 2 fully saturated rings. The average molecular weight is 218 g/mol. The van der Waals surface area contributed by atoms with Gasteiger partial charge in [-0.15, -0.1) is 0 Å². The maximum absolute atomic E-state index is 4.40. The van der Waals surface area contributed by atoms with E-state index in [9.17, 15) is 0 Å². The van der Waals surface area contributed by atoms with Crippen molar-refractivity contribution in [2.24, 2.45) is 11.8 Å². The minimum Gasteiger partial charge on any atom is -0.316 e. The fraction of sp³-hybridized carbons (Fsp3) is 0.667. The van der Waals surface area contributed by atoms with Gasteiger partial charge in [0.15, 0.2) is 0 Å². The summed E-state index contributed by atoms with van der Waals surface area (Å²) in [6.07, 6.45) is 5.40. The number of aromatic nitrogens is 2. The lowest BCUT2D eigenvalue weighted by Gasteiger charge is -2.24. The molecule has 1 aromatic rings. The van der Waals surface area contributed by atoms with Gasteiger partial charge >= 0.3 is 0 Å². The Balaban J connectivity index is 1.71. The van der Waals surface area contributed by atoms with Crippen LogP contribution in [-0.2, 0) is 0 Å². The molecule has 0 aromatic carbocycles. The molecule has 4 nitrogen and oxygen atoms in total. The number of hydrogen-bond donors (Lipinski definition) is 1. The van der Waals surface area contributed by atoms with Crippen molar-refractivity contribution in [1.29, 1.82) is 0 Å². The third-order valence-corrected chi connectivity index (χ3v) is 3.98. The number of likely N-dealkylation sites (tertiary alicyclic amines) is 1. The zero-order valence-corrected chi connectivity index (χ0v) is 9.63. The van der Waals surface area contributed by atoms with Gasteiger partial charge in [-0.05, 0) is 31.8 Å². The van der Waals surface area contributed by atoms with Crippen molar-refractivity contribution < 1.29 is 0 Å². The standard InChI is InChI=1S/C12H18N4/c1-9(12-6-13-2-3-15-12)16-7-10-4-14-5-11(10)8-16/h2-3,6,9-11,14H,4-5,7-8H2,1H3. The molecular weight excluding hydrogens is 200 g/mol. The average Bonchev–Trinajstić information content (AvgIpc) is 2.89. The molecule has 0 saturated carbocycles. The van der Waals surface area contributed by atoms with Crippen LogP contribution in [0.25, 0.3) is 0 Å². The van der Waals surface area contributed by atoms with Gasteiger partial charge in [-0.25, -0.2) is 0 Å². The van der Waals surface area contributed by atoms with Crippen molar-refractivity contribution in [3.8, 4) is 0 Å². The summed E-state index contributed by atoms with van der Waals surface area (Å²) in [7, 11) is 0. The molecule has 3 heterocycles. The number of nitrogens with one attached hydrogen (secondary N) is 1. The van der Waals surface area contributed by atoms with Crippen LogP contribution in [0.2, 0.25) is 0 Å². The van der Waals surface area contributed by atoms with Crippen LogP contribution in [0.5, 0.6) is 0 Å². The molecule has 0 amide bonds. The first kappa shape index (κ1) is 10.2. The second kappa shape index (κ2) is 4.11. The summed E-state index contributed by atoms with van der Waals surface area (Å²) in [5.41, 5.74) is 1.09. The van der Waals surface area contributed by atoms with Gasteiger partial charge in [0.25, 0.3) is 0 Å². The van der Waals surface area contributed by atoms with E-state index >= 15 is 0 Å². The van der Waals surface area contributed by atoms with Gasteiger partial charge in [0.05, 0.1) is 11.7 Å². The SMILES string of the molecule is CC(c1cnccn1)N1CC2CNCC2C1. The second-order valence-electron chi connectivity index (χ2n) is 4.94. The Bertz CT molecular complexity index is 341. The van der Waals surface area contributed by atoms with Crippen molar-refractivity contribution >= 4 is 0 Å². The van der Waals surface area contributed by atoms with E-state index in [1.54, 1.807) is 12.4 Å². The summed E-state index contributed by atoms with van der Waals surface area (Å²) in [6.45, 7) is 7.02. The molecule has 16 heavy (non-hydrogen) atoms. The van der Waals surface area contributed by atoms with Crippen molar-refractivity contribution in [3.63, 3.8) is 0 Å². The lowest BCUT2D eigenvalue weighted by atomic mass is 10.0. The first-order valence-electron chi connectivity index (χ1n) is 6.05. The van der Waals surface area contributed by atoms with Crippen molar-refractivity contribution in [1.82, 2.24) is 20.2 Å². The molecule has 86 valence electrons. The molecule has 2 aliphatic heterocycles. The summed E-state index contributed by atoms with van der Waals surface area (Å²) in [5.74, 6) is 1.69. The number of nitrogens with zero attached hydrogens (tertiary/aromatic N) is 3. The zero-order valence-electron chi connectivity index (χ0n) is 9.63. The van der Waals surface area contributed by atoms with E-state index in [2.05, 4.69) is 27.1 Å². The van der Waals surface area contributed by atoms with Crippen LogP contribution in [-0.4, -0.2) is 41.0 Å². The monoisotopic (exact) mass is 218 g/mol. The molecule has 4 heteroatoms. The molecular formula is C12H18N4. The van der Waals surface area contributed by atoms with Crippen LogP contribution in [0.3, 0.4) is 0 Å². The van der Waals surface area contributed by atoms with Crippen LogP contribution in [0.15, 0.2) is 18.6 Å². The maximum atomic E-state index is 4.40. The molecule has 1 N–H and O–H groups in total. The van der Waals surface area contributed by atoms with Gasteiger partial charge in [-0.1, -0.05) is 0 Å². The largest absolute Gasteiger partial charge is 0.316 e. The van der Waals surface area contributed by atoms with Crippen LogP contribution in [0.1, 0.15) is 18.7 Å². The number of rotatable bonds is 2. The van der Waals surface area contributed by atoms with E-state index in [1.807, 2.05) is 6.20 Å². The van der Waals surface area contributed by atoms with Gasteiger partial charge in [0, 0.05) is 31.7 Å². The third kappa shape index (κ3) is 1.72. The van der Waals surface area contributed by atoms with Crippen LogP contribution in [0, 0.1) is 11.8 Å². The molecule has 3 unspecified atom stereocenters. The van der Waals surface area contributed by atoms with E-state index in [-0.39, 0.29) is 0 Å². The smallest absolute Gasteiger partial charge is 0.0755 e. The Kier molecular flexibility index (Phi) is 2.61. The maximum Gasteiger partial charge on any atom is 0.0755 e. The van der Waals surface area contributed by atoms with E-state index < -0.39 is 0 Å². The number of fused-ring (bicyclic) bond motifs is 1. The highest BCUT2D eigenvalue weighted by molar-refractivity contribution is 5.04. The Labute approximate surface area is 96.1 Å². The summed E-state index contributed by atoms with van der Waals surface area (Å²) in [4.78, 5) is 11.1. The van der Waals surface area contributed by atoms with Crippen LogP contribution in [0.4, 0.5) is 0 Å². The Morgan fingerprint density at radius 3 is 2.69 bits per heavy atom. The predicted octanol–water partition coefficient (Wildman–Crippen LogP) is 0.689. The molecule has 3 atom stereocenters. The molecule has 0 radical (unpaired) electrons. The fourth-order valence-corrected chi connectivity index (χ4v) is 2.92. The Morgan fingerprint density at radius 1 is 1.31 bits per heavy atom. The molecule has 0 aliphatic carbocycles. The molecule has 0 spiro atoms. The van der Waals surface area contributed by atoms with E-state index in [0.29, 0.717) is 6.04 Å². The molecule has 2 aliphatic rings.